The van der Waals surface area contributed by atoms with Gasteiger partial charge in [0.05, 0.1) is 29.6 Å². The van der Waals surface area contributed by atoms with E-state index < -0.39 is 16.8 Å². The molecule has 2 aliphatic heterocycles. The van der Waals surface area contributed by atoms with E-state index in [1.807, 2.05) is 0 Å². The van der Waals surface area contributed by atoms with E-state index in [9.17, 15) is 18.0 Å². The van der Waals surface area contributed by atoms with Crippen LogP contribution in [0, 0.1) is 0 Å². The normalized spacial score (nSPS) is 21.9. The molecule has 0 saturated carbocycles. The Morgan fingerprint density at radius 3 is 2.66 bits per heavy atom. The molecule has 0 aromatic heterocycles. The van der Waals surface area contributed by atoms with E-state index in [1.54, 1.807) is 18.9 Å². The number of hydrogen-bond acceptors (Lipinski definition) is 6. The Labute approximate surface area is 225 Å². The van der Waals surface area contributed by atoms with Crippen molar-refractivity contribution in [2.45, 2.75) is 57.2 Å². The van der Waals surface area contributed by atoms with Crippen LogP contribution in [0.1, 0.15) is 37.3 Å². The van der Waals surface area contributed by atoms with Gasteiger partial charge >= 0.3 is 6.18 Å². The van der Waals surface area contributed by atoms with Crippen molar-refractivity contribution in [1.82, 2.24) is 10.2 Å². The standard InChI is InChI=1S/C26H34ClF3N4O4/c1-16(17(2)38-13-18-4-5-20(21(27)12-18)26(28,29)30)24(32-15-31)25(35)34-9-6-19(7-10-34)33-22-8-11-37-14-23(22)36-3/h4-5,12,15,19,22-23,33H,2,6-11,13-14H2,1,3H3,(H2,31,32)/b24-16-. The third kappa shape index (κ3) is 7.72. The van der Waals surface area contributed by atoms with Crippen LogP contribution in [-0.2, 0) is 31.8 Å². The van der Waals surface area contributed by atoms with Crippen molar-refractivity contribution in [3.63, 3.8) is 0 Å². The van der Waals surface area contributed by atoms with Crippen molar-refractivity contribution in [3.8, 4) is 0 Å². The van der Waals surface area contributed by atoms with Crippen molar-refractivity contribution in [1.29, 1.82) is 0 Å². The molecule has 2 aliphatic rings. The number of ether oxygens (including phenoxy) is 3. The number of halogens is 4. The summed E-state index contributed by atoms with van der Waals surface area (Å²) in [4.78, 5) is 19.1. The van der Waals surface area contributed by atoms with Gasteiger partial charge in [-0.2, -0.15) is 13.2 Å². The van der Waals surface area contributed by atoms with Gasteiger partial charge in [-0.25, -0.2) is 4.99 Å². The molecule has 210 valence electrons. The van der Waals surface area contributed by atoms with Crippen LogP contribution in [0.5, 0.6) is 0 Å². The van der Waals surface area contributed by atoms with Crippen molar-refractivity contribution in [3.05, 3.63) is 58.0 Å². The van der Waals surface area contributed by atoms with Gasteiger partial charge in [0.1, 0.15) is 18.1 Å². The van der Waals surface area contributed by atoms with Gasteiger partial charge in [0, 0.05) is 44.5 Å². The summed E-state index contributed by atoms with van der Waals surface area (Å²) in [5, 5.41) is 3.23. The second kappa shape index (κ2) is 13.5. The maximum atomic E-state index is 13.3. The van der Waals surface area contributed by atoms with Crippen LogP contribution in [0.4, 0.5) is 13.2 Å². The molecule has 8 nitrogen and oxygen atoms in total. The fourth-order valence-corrected chi connectivity index (χ4v) is 4.82. The number of hydrogen-bond donors (Lipinski definition) is 2. The van der Waals surface area contributed by atoms with Gasteiger partial charge in [0.2, 0.25) is 0 Å². The number of amides is 1. The highest BCUT2D eigenvalue weighted by Gasteiger charge is 2.33. The van der Waals surface area contributed by atoms with Gasteiger partial charge in [0.25, 0.3) is 5.91 Å². The topological polar surface area (TPSA) is 98.4 Å². The molecule has 2 fully saturated rings. The smallest absolute Gasteiger partial charge is 0.417 e. The van der Waals surface area contributed by atoms with Crippen molar-refractivity contribution in [2.75, 3.05) is 33.4 Å². The molecule has 38 heavy (non-hydrogen) atoms. The number of nitrogens with two attached hydrogens (primary N) is 1. The summed E-state index contributed by atoms with van der Waals surface area (Å²) in [7, 11) is 1.68. The summed E-state index contributed by atoms with van der Waals surface area (Å²) in [5.41, 5.74) is 5.48. The molecular weight excluding hydrogens is 525 g/mol. The minimum atomic E-state index is -4.55. The number of nitrogens with one attached hydrogen (secondary N) is 1. The van der Waals surface area contributed by atoms with Gasteiger partial charge in [-0.1, -0.05) is 24.2 Å². The predicted molar refractivity (Wildman–Crippen MR) is 139 cm³/mol. The number of rotatable bonds is 9. The van der Waals surface area contributed by atoms with Gasteiger partial charge in [-0.15, -0.1) is 0 Å². The lowest BCUT2D eigenvalue weighted by Gasteiger charge is -2.38. The highest BCUT2D eigenvalue weighted by Crippen LogP contribution is 2.35. The lowest BCUT2D eigenvalue weighted by atomic mass is 9.99. The predicted octanol–water partition coefficient (Wildman–Crippen LogP) is 4.03. The monoisotopic (exact) mass is 558 g/mol. The van der Waals surface area contributed by atoms with Crippen LogP contribution in [-0.4, -0.2) is 68.7 Å². The maximum Gasteiger partial charge on any atom is 0.417 e. The first-order valence-electron chi connectivity index (χ1n) is 12.3. The van der Waals surface area contributed by atoms with E-state index in [0.717, 1.165) is 31.7 Å². The fraction of sp³-hybridized carbons (Fsp3) is 0.538. The fourth-order valence-electron chi connectivity index (χ4n) is 4.51. The summed E-state index contributed by atoms with van der Waals surface area (Å²) in [6.07, 6.45) is -1.10. The Morgan fingerprint density at radius 1 is 1.34 bits per heavy atom. The van der Waals surface area contributed by atoms with Gasteiger partial charge < -0.3 is 30.2 Å². The Kier molecular flexibility index (Phi) is 10.6. The number of methoxy groups -OCH3 is 1. The number of benzene rings is 1. The van der Waals surface area contributed by atoms with Crippen LogP contribution in [0.2, 0.25) is 5.02 Å². The van der Waals surface area contributed by atoms with Crippen LogP contribution in [0.15, 0.2) is 46.8 Å². The first-order valence-corrected chi connectivity index (χ1v) is 12.7. The largest absolute Gasteiger partial charge is 0.489 e. The highest BCUT2D eigenvalue weighted by molar-refractivity contribution is 6.31. The molecule has 2 atom stereocenters. The minimum Gasteiger partial charge on any atom is -0.489 e. The Morgan fingerprint density at radius 2 is 2.05 bits per heavy atom. The molecule has 2 unspecified atom stereocenters. The lowest BCUT2D eigenvalue weighted by Crippen LogP contribution is -2.54. The van der Waals surface area contributed by atoms with E-state index >= 15 is 0 Å². The van der Waals surface area contributed by atoms with Gasteiger partial charge in [-0.05, 0) is 43.9 Å². The molecule has 12 heteroatoms. The summed E-state index contributed by atoms with van der Waals surface area (Å²) >= 11 is 5.78. The van der Waals surface area contributed by atoms with Gasteiger partial charge in [-0.3, -0.25) is 4.79 Å². The van der Waals surface area contributed by atoms with Crippen molar-refractivity contribution >= 4 is 23.8 Å². The van der Waals surface area contributed by atoms with Crippen LogP contribution in [0.3, 0.4) is 0 Å². The van der Waals surface area contributed by atoms with Gasteiger partial charge in [0.15, 0.2) is 0 Å². The molecule has 1 aromatic rings. The molecular formula is C26H34ClF3N4O4. The number of allylic oxidation sites excluding steroid dienone is 1. The van der Waals surface area contributed by atoms with Crippen LogP contribution < -0.4 is 11.1 Å². The molecule has 2 heterocycles. The molecule has 0 aliphatic carbocycles. The summed E-state index contributed by atoms with van der Waals surface area (Å²) in [6, 6.07) is 3.82. The molecule has 3 rings (SSSR count). The lowest BCUT2D eigenvalue weighted by molar-refractivity contribution is -0.137. The van der Waals surface area contributed by atoms with Crippen LogP contribution >= 0.6 is 11.6 Å². The highest BCUT2D eigenvalue weighted by atomic mass is 35.5. The first-order chi connectivity index (χ1) is 18.0. The summed E-state index contributed by atoms with van der Waals surface area (Å²) in [6.45, 7) is 7.72. The minimum absolute atomic E-state index is 0.00380. The molecule has 2 saturated heterocycles. The number of alkyl halides is 3. The van der Waals surface area contributed by atoms with E-state index in [-0.39, 0.29) is 42.2 Å². The van der Waals surface area contributed by atoms with Crippen molar-refractivity contribution < 1.29 is 32.2 Å². The molecule has 1 aromatic carbocycles. The zero-order valence-corrected chi connectivity index (χ0v) is 22.3. The Balaban J connectivity index is 1.60. The summed E-state index contributed by atoms with van der Waals surface area (Å²) < 4.78 is 55.5. The quantitative estimate of drug-likeness (QED) is 0.156. The zero-order chi connectivity index (χ0) is 27.9. The number of likely N-dealkylation sites (tertiary alicyclic amines) is 1. The Hall–Kier alpha value is -2.60. The zero-order valence-electron chi connectivity index (χ0n) is 21.5. The van der Waals surface area contributed by atoms with Crippen LogP contribution in [0.25, 0.3) is 0 Å². The number of aliphatic imine (C=N–C) groups is 1. The SMILES string of the molecule is C=C(OCc1ccc(C(F)(F)F)c(Cl)c1)/C(C)=C(\N=C/N)C(=O)N1CCC(NC2CCOCC2OC)CC1. The number of nitrogens with zero attached hydrogens (tertiary/aromatic N) is 2. The first kappa shape index (κ1) is 29.9. The second-order valence-electron chi connectivity index (χ2n) is 9.25. The van der Waals surface area contributed by atoms with Crippen molar-refractivity contribution in [2.24, 2.45) is 10.7 Å². The average Bonchev–Trinajstić information content (AvgIpc) is 2.89. The third-order valence-electron chi connectivity index (χ3n) is 6.77. The number of piperidine rings is 1. The van der Waals surface area contributed by atoms with E-state index in [2.05, 4.69) is 16.9 Å². The second-order valence-corrected chi connectivity index (χ2v) is 9.66. The average molecular weight is 559 g/mol. The molecule has 0 spiro atoms. The van der Waals surface area contributed by atoms with E-state index in [4.69, 9.17) is 31.5 Å². The summed E-state index contributed by atoms with van der Waals surface area (Å²) in [5.74, 6) is -0.151. The van der Waals surface area contributed by atoms with E-state index in [1.165, 1.54) is 12.1 Å². The molecule has 3 N–H and O–H groups in total. The molecule has 1 amide bonds. The number of carbonyl (C=O) groups excluding carboxylic acids is 1. The maximum absolute atomic E-state index is 13.3. The number of carbonyl (C=O) groups is 1. The van der Waals surface area contributed by atoms with E-state index in [0.29, 0.717) is 37.4 Å². The molecule has 0 radical (unpaired) electrons. The third-order valence-corrected chi connectivity index (χ3v) is 7.08. The molecule has 0 bridgehead atoms. The Bertz CT molecular complexity index is 1060.